The van der Waals surface area contributed by atoms with E-state index < -0.39 is 0 Å². The largest absolute Gasteiger partial charge is 0.278 e. The van der Waals surface area contributed by atoms with Crippen LogP contribution in [0.5, 0.6) is 0 Å². The van der Waals surface area contributed by atoms with Crippen molar-refractivity contribution in [1.29, 1.82) is 0 Å². The summed E-state index contributed by atoms with van der Waals surface area (Å²) in [5.74, 6) is 0. The standard InChI is InChI=1S/C8H8N2S/c1-6-4-7-2-3-10(11)8(7)9-5-6/h2-5,11H,1H3. The molecule has 0 saturated carbocycles. The van der Waals surface area contributed by atoms with Gasteiger partial charge < -0.3 is 0 Å². The monoisotopic (exact) mass is 164 g/mol. The normalized spacial score (nSPS) is 10.7. The van der Waals surface area contributed by atoms with Gasteiger partial charge in [-0.25, -0.2) is 4.98 Å². The van der Waals surface area contributed by atoms with Crippen LogP contribution in [0.2, 0.25) is 0 Å². The number of hydrogen-bond donors (Lipinski definition) is 1. The zero-order valence-corrected chi connectivity index (χ0v) is 7.05. The molecule has 0 bridgehead atoms. The number of nitrogens with zero attached hydrogens (tertiary/aromatic N) is 2. The van der Waals surface area contributed by atoms with Crippen molar-refractivity contribution >= 4 is 23.8 Å². The van der Waals surface area contributed by atoms with E-state index in [0.29, 0.717) is 0 Å². The molecule has 3 heteroatoms. The molecule has 11 heavy (non-hydrogen) atoms. The van der Waals surface area contributed by atoms with Gasteiger partial charge in [-0.3, -0.25) is 3.97 Å². The van der Waals surface area contributed by atoms with E-state index in [4.69, 9.17) is 0 Å². The Morgan fingerprint density at radius 2 is 2.36 bits per heavy atom. The second kappa shape index (κ2) is 2.27. The van der Waals surface area contributed by atoms with Gasteiger partial charge in [0.05, 0.1) is 0 Å². The highest BCUT2D eigenvalue weighted by Crippen LogP contribution is 2.14. The molecule has 0 aliphatic rings. The Kier molecular flexibility index (Phi) is 1.39. The minimum absolute atomic E-state index is 0.916. The molecule has 2 nitrogen and oxygen atoms in total. The van der Waals surface area contributed by atoms with Crippen molar-refractivity contribution in [1.82, 2.24) is 8.96 Å². The van der Waals surface area contributed by atoms with Crippen molar-refractivity contribution in [2.75, 3.05) is 0 Å². The van der Waals surface area contributed by atoms with Gasteiger partial charge in [-0.15, -0.1) is 0 Å². The van der Waals surface area contributed by atoms with E-state index >= 15 is 0 Å². The maximum atomic E-state index is 4.23. The zero-order chi connectivity index (χ0) is 7.84. The summed E-state index contributed by atoms with van der Waals surface area (Å²) in [5, 5.41) is 1.14. The predicted octanol–water partition coefficient (Wildman–Crippen LogP) is 2.04. The lowest BCUT2D eigenvalue weighted by molar-refractivity contribution is 1.25. The smallest absolute Gasteiger partial charge is 0.149 e. The Labute approximate surface area is 70.4 Å². The van der Waals surface area contributed by atoms with E-state index in [-0.39, 0.29) is 0 Å². The van der Waals surface area contributed by atoms with Gasteiger partial charge in [0.25, 0.3) is 0 Å². The first kappa shape index (κ1) is 6.73. The van der Waals surface area contributed by atoms with E-state index in [1.807, 2.05) is 25.4 Å². The molecular formula is C8H8N2S. The van der Waals surface area contributed by atoms with Gasteiger partial charge in [-0.1, -0.05) is 12.8 Å². The van der Waals surface area contributed by atoms with Gasteiger partial charge in [0, 0.05) is 17.8 Å². The average molecular weight is 164 g/mol. The SMILES string of the molecule is Cc1cnc2c(ccn2S)c1. The predicted molar refractivity (Wildman–Crippen MR) is 48.9 cm³/mol. The first-order valence-corrected chi connectivity index (χ1v) is 3.80. The number of fused-ring (bicyclic) bond motifs is 1. The topological polar surface area (TPSA) is 17.8 Å². The number of rotatable bonds is 0. The third-order valence-corrected chi connectivity index (χ3v) is 1.97. The number of aromatic nitrogens is 2. The molecule has 0 N–H and O–H groups in total. The molecule has 2 heterocycles. The Hall–Kier alpha value is -0.960. The Morgan fingerprint density at radius 1 is 1.55 bits per heavy atom. The third kappa shape index (κ3) is 1.01. The Morgan fingerprint density at radius 3 is 3.18 bits per heavy atom. The van der Waals surface area contributed by atoms with Crippen molar-refractivity contribution in [3.05, 3.63) is 30.1 Å². The van der Waals surface area contributed by atoms with Crippen molar-refractivity contribution in [3.8, 4) is 0 Å². The first-order valence-electron chi connectivity index (χ1n) is 3.40. The minimum atomic E-state index is 0.916. The molecule has 2 aromatic heterocycles. The lowest BCUT2D eigenvalue weighted by Gasteiger charge is -1.93. The maximum absolute atomic E-state index is 4.23. The molecule has 0 atom stereocenters. The lowest BCUT2D eigenvalue weighted by Crippen LogP contribution is -1.82. The summed E-state index contributed by atoms with van der Waals surface area (Å²) in [4.78, 5) is 4.23. The highest BCUT2D eigenvalue weighted by molar-refractivity contribution is 7.78. The fourth-order valence-corrected chi connectivity index (χ4v) is 1.35. The molecule has 0 aliphatic carbocycles. The minimum Gasteiger partial charge on any atom is -0.278 e. The third-order valence-electron chi connectivity index (χ3n) is 1.64. The highest BCUT2D eigenvalue weighted by atomic mass is 32.1. The summed E-state index contributed by atoms with van der Waals surface area (Å²) >= 11 is 4.19. The van der Waals surface area contributed by atoms with Gasteiger partial charge >= 0.3 is 0 Å². The zero-order valence-electron chi connectivity index (χ0n) is 6.15. The maximum Gasteiger partial charge on any atom is 0.149 e. The van der Waals surface area contributed by atoms with Crippen LogP contribution < -0.4 is 0 Å². The van der Waals surface area contributed by atoms with Crippen LogP contribution in [-0.2, 0) is 0 Å². The van der Waals surface area contributed by atoms with Gasteiger partial charge in [0.2, 0.25) is 0 Å². The molecule has 0 aromatic carbocycles. The van der Waals surface area contributed by atoms with Gasteiger partial charge in [0.1, 0.15) is 5.65 Å². The van der Waals surface area contributed by atoms with Crippen LogP contribution in [0, 0.1) is 6.92 Å². The van der Waals surface area contributed by atoms with Crippen LogP contribution in [0.1, 0.15) is 5.56 Å². The quantitative estimate of drug-likeness (QED) is 0.590. The van der Waals surface area contributed by atoms with Crippen LogP contribution >= 0.6 is 12.8 Å². The highest BCUT2D eigenvalue weighted by Gasteiger charge is 1.97. The molecule has 0 aliphatic heterocycles. The number of hydrogen-bond acceptors (Lipinski definition) is 2. The summed E-state index contributed by atoms with van der Waals surface area (Å²) in [6, 6.07) is 4.09. The van der Waals surface area contributed by atoms with E-state index in [0.717, 1.165) is 11.0 Å². The van der Waals surface area contributed by atoms with E-state index in [1.54, 1.807) is 3.97 Å². The van der Waals surface area contributed by atoms with E-state index in [1.165, 1.54) is 5.56 Å². The Bertz CT molecular complexity index is 392. The lowest BCUT2D eigenvalue weighted by atomic mass is 10.2. The van der Waals surface area contributed by atoms with Crippen LogP contribution in [0.4, 0.5) is 0 Å². The molecule has 0 spiro atoms. The van der Waals surface area contributed by atoms with Gasteiger partial charge in [0.15, 0.2) is 0 Å². The summed E-state index contributed by atoms with van der Waals surface area (Å²) in [5.41, 5.74) is 2.09. The summed E-state index contributed by atoms with van der Waals surface area (Å²) in [6.07, 6.45) is 3.73. The second-order valence-corrected chi connectivity index (χ2v) is 3.02. The number of thiol groups is 1. The second-order valence-electron chi connectivity index (χ2n) is 2.59. The molecule has 0 fully saturated rings. The molecule has 0 radical (unpaired) electrons. The van der Waals surface area contributed by atoms with Crippen molar-refractivity contribution in [2.45, 2.75) is 6.92 Å². The van der Waals surface area contributed by atoms with Crippen LogP contribution in [0.15, 0.2) is 24.5 Å². The summed E-state index contributed by atoms with van der Waals surface area (Å²) < 4.78 is 1.72. The van der Waals surface area contributed by atoms with Crippen molar-refractivity contribution in [2.24, 2.45) is 0 Å². The molecule has 56 valence electrons. The van der Waals surface area contributed by atoms with E-state index in [9.17, 15) is 0 Å². The number of aryl methyl sites for hydroxylation is 1. The van der Waals surface area contributed by atoms with Crippen molar-refractivity contribution in [3.63, 3.8) is 0 Å². The van der Waals surface area contributed by atoms with Crippen LogP contribution in [-0.4, -0.2) is 8.96 Å². The van der Waals surface area contributed by atoms with E-state index in [2.05, 4.69) is 23.9 Å². The average Bonchev–Trinajstić information content (AvgIpc) is 2.32. The van der Waals surface area contributed by atoms with Gasteiger partial charge in [-0.2, -0.15) is 0 Å². The Balaban J connectivity index is 2.86. The molecule has 2 rings (SSSR count). The molecule has 0 unspecified atom stereocenters. The molecule has 0 saturated heterocycles. The summed E-state index contributed by atoms with van der Waals surface area (Å²) in [6.45, 7) is 2.03. The fourth-order valence-electron chi connectivity index (χ4n) is 1.12. The van der Waals surface area contributed by atoms with Crippen molar-refractivity contribution < 1.29 is 0 Å². The molecular weight excluding hydrogens is 156 g/mol. The molecule has 0 amide bonds. The molecule has 2 aromatic rings. The fraction of sp³-hybridized carbons (Fsp3) is 0.125. The first-order chi connectivity index (χ1) is 5.27. The summed E-state index contributed by atoms with van der Waals surface area (Å²) in [7, 11) is 0. The van der Waals surface area contributed by atoms with Crippen LogP contribution in [0.25, 0.3) is 11.0 Å². The number of pyridine rings is 1. The van der Waals surface area contributed by atoms with Crippen LogP contribution in [0.3, 0.4) is 0 Å². The van der Waals surface area contributed by atoms with Gasteiger partial charge in [-0.05, 0) is 24.6 Å².